The third-order valence-corrected chi connectivity index (χ3v) is 3.33. The molecule has 0 spiro atoms. The molecule has 0 aromatic carbocycles. The van der Waals surface area contributed by atoms with E-state index < -0.39 is 6.10 Å². The first-order valence-corrected chi connectivity index (χ1v) is 5.09. The molecule has 2 aliphatic rings. The van der Waals surface area contributed by atoms with Crippen LogP contribution in [-0.4, -0.2) is 46.8 Å². The molecule has 0 aromatic rings. The van der Waals surface area contributed by atoms with Crippen molar-refractivity contribution in [1.29, 1.82) is 0 Å². The number of ether oxygens (including phenoxy) is 2. The zero-order chi connectivity index (χ0) is 10.5. The Balaban J connectivity index is 2.02. The Bertz CT molecular complexity index is 228. The van der Waals surface area contributed by atoms with Gasteiger partial charge in [0.25, 0.3) is 0 Å². The van der Waals surface area contributed by atoms with E-state index in [1.165, 1.54) is 0 Å². The van der Waals surface area contributed by atoms with Crippen molar-refractivity contribution in [2.45, 2.75) is 50.8 Å². The van der Waals surface area contributed by atoms with Gasteiger partial charge in [-0.05, 0) is 13.8 Å². The lowest BCUT2D eigenvalue weighted by Crippen LogP contribution is -2.32. The fourth-order valence-corrected chi connectivity index (χ4v) is 2.14. The number of aliphatic hydroxyl groups is 2. The summed E-state index contributed by atoms with van der Waals surface area (Å²) in [6.45, 7) is 5.80. The molecule has 14 heavy (non-hydrogen) atoms. The first kappa shape index (κ1) is 10.4. The van der Waals surface area contributed by atoms with Gasteiger partial charge in [0.2, 0.25) is 0 Å². The van der Waals surface area contributed by atoms with Gasteiger partial charge in [0.05, 0.1) is 24.4 Å². The summed E-state index contributed by atoms with van der Waals surface area (Å²) < 4.78 is 11.0. The molecular weight excluding hydrogens is 184 g/mol. The monoisotopic (exact) mass is 202 g/mol. The molecule has 2 rings (SSSR count). The average Bonchev–Trinajstić information content (AvgIpc) is 2.65. The van der Waals surface area contributed by atoms with E-state index in [1.54, 1.807) is 0 Å². The highest BCUT2D eigenvalue weighted by molar-refractivity contribution is 5.06. The normalized spacial score (nSPS) is 50.8. The van der Waals surface area contributed by atoms with Gasteiger partial charge in [-0.2, -0.15) is 0 Å². The third-order valence-electron chi connectivity index (χ3n) is 3.33. The lowest BCUT2D eigenvalue weighted by atomic mass is 9.94. The van der Waals surface area contributed by atoms with Gasteiger partial charge in [0.15, 0.2) is 0 Å². The van der Waals surface area contributed by atoms with Crippen molar-refractivity contribution in [1.82, 2.24) is 0 Å². The second-order valence-electron chi connectivity index (χ2n) is 4.81. The summed E-state index contributed by atoms with van der Waals surface area (Å²) in [5.74, 6) is -0.0231. The standard InChI is InChI=1S/C10H18O4/c1-5-6(4-11)13-8(7(5)12)9-10(2,3)14-9/h5-9,11-12H,4H2,1-3H3/t5-,6+,7-,8?,9?/m0/s1. The van der Waals surface area contributed by atoms with Crippen molar-refractivity contribution in [3.05, 3.63) is 0 Å². The van der Waals surface area contributed by atoms with Gasteiger partial charge in [-0.25, -0.2) is 0 Å². The molecule has 2 fully saturated rings. The molecule has 5 atom stereocenters. The summed E-state index contributed by atoms with van der Waals surface area (Å²) in [5, 5.41) is 18.9. The van der Waals surface area contributed by atoms with E-state index in [4.69, 9.17) is 14.6 Å². The molecule has 0 aromatic heterocycles. The molecule has 0 radical (unpaired) electrons. The van der Waals surface area contributed by atoms with Gasteiger partial charge in [0.1, 0.15) is 12.2 Å². The zero-order valence-corrected chi connectivity index (χ0v) is 8.80. The molecule has 2 saturated heterocycles. The van der Waals surface area contributed by atoms with E-state index >= 15 is 0 Å². The number of hydrogen-bond donors (Lipinski definition) is 2. The van der Waals surface area contributed by atoms with Crippen LogP contribution in [0.1, 0.15) is 20.8 Å². The lowest BCUT2D eigenvalue weighted by Gasteiger charge is -2.13. The highest BCUT2D eigenvalue weighted by Gasteiger charge is 2.59. The minimum atomic E-state index is -0.529. The van der Waals surface area contributed by atoms with Gasteiger partial charge in [0, 0.05) is 5.92 Å². The second-order valence-corrected chi connectivity index (χ2v) is 4.81. The highest BCUT2D eigenvalue weighted by atomic mass is 16.6. The Morgan fingerprint density at radius 2 is 1.93 bits per heavy atom. The van der Waals surface area contributed by atoms with Gasteiger partial charge < -0.3 is 19.7 Å². The fraction of sp³-hybridized carbons (Fsp3) is 1.00. The van der Waals surface area contributed by atoms with Crippen LogP contribution in [0.4, 0.5) is 0 Å². The molecule has 2 aliphatic heterocycles. The minimum Gasteiger partial charge on any atom is -0.394 e. The Morgan fingerprint density at radius 1 is 1.36 bits per heavy atom. The van der Waals surface area contributed by atoms with Crippen molar-refractivity contribution in [3.8, 4) is 0 Å². The zero-order valence-electron chi connectivity index (χ0n) is 8.80. The summed E-state index contributed by atoms with van der Waals surface area (Å²) in [5.41, 5.74) is -0.185. The topological polar surface area (TPSA) is 62.2 Å². The van der Waals surface area contributed by atoms with E-state index in [2.05, 4.69) is 0 Å². The quantitative estimate of drug-likeness (QED) is 0.615. The van der Waals surface area contributed by atoms with Crippen molar-refractivity contribution < 1.29 is 19.7 Å². The molecule has 0 amide bonds. The Labute approximate surface area is 83.8 Å². The first-order chi connectivity index (χ1) is 6.47. The third kappa shape index (κ3) is 1.46. The molecule has 0 saturated carbocycles. The molecule has 4 nitrogen and oxygen atoms in total. The molecule has 0 aliphatic carbocycles. The summed E-state index contributed by atoms with van der Waals surface area (Å²) in [4.78, 5) is 0. The summed E-state index contributed by atoms with van der Waals surface area (Å²) >= 11 is 0. The van der Waals surface area contributed by atoms with Crippen LogP contribution in [0.2, 0.25) is 0 Å². The maximum absolute atomic E-state index is 9.89. The van der Waals surface area contributed by atoms with Crippen molar-refractivity contribution in [3.63, 3.8) is 0 Å². The molecule has 4 heteroatoms. The van der Waals surface area contributed by atoms with Crippen molar-refractivity contribution in [2.75, 3.05) is 6.61 Å². The minimum absolute atomic E-state index is 0.0231. The number of hydrogen-bond acceptors (Lipinski definition) is 4. The van der Waals surface area contributed by atoms with Crippen LogP contribution in [0.5, 0.6) is 0 Å². The van der Waals surface area contributed by atoms with E-state index in [-0.39, 0.29) is 36.4 Å². The van der Waals surface area contributed by atoms with Gasteiger partial charge in [-0.3, -0.25) is 0 Å². The van der Waals surface area contributed by atoms with Crippen LogP contribution < -0.4 is 0 Å². The lowest BCUT2D eigenvalue weighted by molar-refractivity contribution is -0.0236. The van der Waals surface area contributed by atoms with E-state index in [0.29, 0.717) is 0 Å². The first-order valence-electron chi connectivity index (χ1n) is 5.09. The molecule has 82 valence electrons. The number of epoxide rings is 1. The SMILES string of the molecule is C[C@@H]1[C@H](O)C(C2OC2(C)C)O[C@@H]1CO. The highest BCUT2D eigenvalue weighted by Crippen LogP contribution is 2.44. The predicted octanol–water partition coefficient (Wildman–Crippen LogP) is -0.0795. The Hall–Kier alpha value is -0.160. The van der Waals surface area contributed by atoms with Crippen LogP contribution in [0, 0.1) is 5.92 Å². The maximum Gasteiger partial charge on any atom is 0.115 e. The van der Waals surface area contributed by atoms with Gasteiger partial charge in [-0.1, -0.05) is 6.92 Å². The Kier molecular flexibility index (Phi) is 2.34. The van der Waals surface area contributed by atoms with E-state index in [9.17, 15) is 5.11 Å². The molecule has 2 heterocycles. The van der Waals surface area contributed by atoms with E-state index in [0.717, 1.165) is 0 Å². The van der Waals surface area contributed by atoms with Crippen molar-refractivity contribution >= 4 is 0 Å². The Morgan fingerprint density at radius 3 is 2.29 bits per heavy atom. The van der Waals surface area contributed by atoms with Crippen LogP contribution in [-0.2, 0) is 9.47 Å². The van der Waals surface area contributed by atoms with Crippen LogP contribution >= 0.6 is 0 Å². The summed E-state index contributed by atoms with van der Waals surface area (Å²) in [7, 11) is 0. The number of aliphatic hydroxyl groups excluding tert-OH is 2. The largest absolute Gasteiger partial charge is 0.394 e. The van der Waals surface area contributed by atoms with Gasteiger partial charge in [-0.15, -0.1) is 0 Å². The summed E-state index contributed by atoms with van der Waals surface area (Å²) in [6, 6.07) is 0. The van der Waals surface area contributed by atoms with E-state index in [1.807, 2.05) is 20.8 Å². The number of rotatable bonds is 2. The summed E-state index contributed by atoms with van der Waals surface area (Å²) in [6.07, 6.45) is -1.09. The fourth-order valence-electron chi connectivity index (χ4n) is 2.14. The molecular formula is C10H18O4. The van der Waals surface area contributed by atoms with Crippen LogP contribution in [0.3, 0.4) is 0 Å². The maximum atomic E-state index is 9.89. The predicted molar refractivity (Wildman–Crippen MR) is 49.9 cm³/mol. The van der Waals surface area contributed by atoms with Crippen molar-refractivity contribution in [2.24, 2.45) is 5.92 Å². The smallest absolute Gasteiger partial charge is 0.115 e. The molecule has 2 unspecified atom stereocenters. The average molecular weight is 202 g/mol. The molecule has 0 bridgehead atoms. The van der Waals surface area contributed by atoms with Crippen LogP contribution in [0.25, 0.3) is 0 Å². The van der Waals surface area contributed by atoms with Crippen LogP contribution in [0.15, 0.2) is 0 Å². The second kappa shape index (κ2) is 3.17. The molecule has 2 N–H and O–H groups in total. The van der Waals surface area contributed by atoms with Gasteiger partial charge >= 0.3 is 0 Å².